The van der Waals surface area contributed by atoms with Gasteiger partial charge in [-0.25, -0.2) is 4.99 Å². The molecule has 216 valence electrons. The van der Waals surface area contributed by atoms with Crippen molar-refractivity contribution in [3.63, 3.8) is 0 Å². The van der Waals surface area contributed by atoms with Crippen LogP contribution < -0.4 is 5.32 Å². The highest BCUT2D eigenvalue weighted by Crippen LogP contribution is 2.47. The van der Waals surface area contributed by atoms with E-state index in [9.17, 15) is 31.1 Å². The maximum absolute atomic E-state index is 13.5. The van der Waals surface area contributed by atoms with Crippen molar-refractivity contribution < 1.29 is 31.1 Å². The van der Waals surface area contributed by atoms with E-state index in [0.717, 1.165) is 44.6 Å². The smallest absolute Gasteiger partial charge is 0.362 e. The Morgan fingerprint density at radius 2 is 1.67 bits per heavy atom. The van der Waals surface area contributed by atoms with Crippen molar-refractivity contribution in [3.05, 3.63) is 46.7 Å². The molecule has 2 atom stereocenters. The number of hydrogen-bond acceptors (Lipinski definition) is 4. The van der Waals surface area contributed by atoms with E-state index < -0.39 is 35.4 Å². The van der Waals surface area contributed by atoms with Gasteiger partial charge < -0.3 is 15.1 Å². The first-order valence-electron chi connectivity index (χ1n) is 13.4. The second kappa shape index (κ2) is 11.1. The average Bonchev–Trinajstić information content (AvgIpc) is 3.34. The number of halogens is 6. The third-order valence-electron chi connectivity index (χ3n) is 8.64. The van der Waals surface area contributed by atoms with Crippen LogP contribution in [0.2, 0.25) is 0 Å². The highest BCUT2D eigenvalue weighted by molar-refractivity contribution is 5.83. The van der Waals surface area contributed by atoms with Gasteiger partial charge in [-0.3, -0.25) is 4.79 Å². The fraction of sp³-hybridized carbons (Fsp3) is 0.643. The molecule has 2 heterocycles. The van der Waals surface area contributed by atoms with Gasteiger partial charge in [-0.15, -0.1) is 0 Å². The molecule has 5 nitrogen and oxygen atoms in total. The van der Waals surface area contributed by atoms with Gasteiger partial charge in [0.25, 0.3) is 0 Å². The zero-order valence-corrected chi connectivity index (χ0v) is 22.5. The van der Waals surface area contributed by atoms with E-state index in [4.69, 9.17) is 0 Å². The number of benzene rings is 1. The molecule has 2 fully saturated rings. The lowest BCUT2D eigenvalue weighted by Crippen LogP contribution is -2.45. The van der Waals surface area contributed by atoms with E-state index >= 15 is 0 Å². The summed E-state index contributed by atoms with van der Waals surface area (Å²) < 4.78 is 79.5. The summed E-state index contributed by atoms with van der Waals surface area (Å²) in [6.45, 7) is 6.15. The van der Waals surface area contributed by atoms with Crippen LogP contribution in [0, 0.1) is 17.3 Å². The third kappa shape index (κ3) is 6.61. The van der Waals surface area contributed by atoms with Gasteiger partial charge in [0.1, 0.15) is 0 Å². The van der Waals surface area contributed by atoms with Gasteiger partial charge in [-0.2, -0.15) is 26.3 Å². The van der Waals surface area contributed by atoms with E-state index in [0.29, 0.717) is 30.9 Å². The topological polar surface area (TPSA) is 47.9 Å². The average molecular weight is 559 g/mol. The molecule has 0 unspecified atom stereocenters. The molecule has 0 bridgehead atoms. The maximum atomic E-state index is 13.5. The predicted molar refractivity (Wildman–Crippen MR) is 137 cm³/mol. The van der Waals surface area contributed by atoms with Crippen molar-refractivity contribution in [3.8, 4) is 0 Å². The van der Waals surface area contributed by atoms with Crippen LogP contribution in [0.3, 0.4) is 0 Å². The lowest BCUT2D eigenvalue weighted by atomic mass is 9.74. The monoisotopic (exact) mass is 558 g/mol. The Morgan fingerprint density at radius 1 is 1.05 bits per heavy atom. The lowest BCUT2D eigenvalue weighted by Gasteiger charge is -2.38. The van der Waals surface area contributed by atoms with E-state index in [2.05, 4.69) is 21.3 Å². The Morgan fingerprint density at radius 3 is 2.18 bits per heavy atom. The number of rotatable bonds is 6. The number of piperidine rings is 1. The highest BCUT2D eigenvalue weighted by Gasteiger charge is 2.49. The van der Waals surface area contributed by atoms with Gasteiger partial charge in [0.2, 0.25) is 5.91 Å². The summed E-state index contributed by atoms with van der Waals surface area (Å²) in [6.07, 6.45) is -1.79. The summed E-state index contributed by atoms with van der Waals surface area (Å²) in [5.41, 5.74) is -2.58. The molecule has 2 aliphatic heterocycles. The largest absolute Gasteiger partial charge is 0.416 e. The summed E-state index contributed by atoms with van der Waals surface area (Å²) >= 11 is 0. The SMILES string of the molecule is CC(C)[C@]1(C(=O)NCc2cc(C(F)(F)F)cc(C(F)(F)F)c2)CC[C@@H](N2CCC(C3=CCN(C)C=N3)CC2)C1. The number of likely N-dealkylation sites (tertiary alicyclic amines) is 1. The van der Waals surface area contributed by atoms with Gasteiger partial charge in [0.15, 0.2) is 0 Å². The number of likely N-dealkylation sites (N-methyl/N-ethyl adjacent to an activating group) is 1. The first kappa shape index (κ1) is 29.4. The number of alkyl halides is 6. The van der Waals surface area contributed by atoms with Crippen LogP contribution in [0.25, 0.3) is 0 Å². The van der Waals surface area contributed by atoms with Crippen molar-refractivity contribution >= 4 is 12.2 Å². The van der Waals surface area contributed by atoms with Gasteiger partial charge in [0.05, 0.1) is 22.9 Å². The second-order valence-corrected chi connectivity index (χ2v) is 11.4. The van der Waals surface area contributed by atoms with Gasteiger partial charge in [-0.05, 0) is 81.0 Å². The fourth-order valence-corrected chi connectivity index (χ4v) is 6.17. The molecule has 1 aliphatic carbocycles. The van der Waals surface area contributed by atoms with Crippen LogP contribution in [0.15, 0.2) is 35.0 Å². The highest BCUT2D eigenvalue weighted by atomic mass is 19.4. The number of amides is 1. The second-order valence-electron chi connectivity index (χ2n) is 11.4. The standard InChI is InChI=1S/C28H36F6N4O/c1-18(2)26(25(39)35-16-19-12-21(27(29,30)31)14-22(13-19)28(32,33)34)8-4-23(15-26)38-10-5-20(6-11-38)24-7-9-37(3)17-36-24/h7,12-14,17-18,20,23H,4-6,8-11,15-16H2,1-3H3,(H,35,39)/t23-,26+/m1/s1. The van der Waals surface area contributed by atoms with Crippen LogP contribution in [-0.2, 0) is 23.7 Å². The molecule has 11 heteroatoms. The minimum atomic E-state index is -4.93. The molecule has 1 saturated heterocycles. The van der Waals surface area contributed by atoms with Crippen molar-refractivity contribution in [1.82, 2.24) is 15.1 Å². The Kier molecular flexibility index (Phi) is 8.40. The number of aliphatic imine (C=N–C) groups is 1. The fourth-order valence-electron chi connectivity index (χ4n) is 6.17. The lowest BCUT2D eigenvalue weighted by molar-refractivity contribution is -0.143. The summed E-state index contributed by atoms with van der Waals surface area (Å²) in [5.74, 6) is 0.0671. The zero-order valence-electron chi connectivity index (χ0n) is 22.5. The first-order valence-corrected chi connectivity index (χ1v) is 13.4. The van der Waals surface area contributed by atoms with Crippen LogP contribution in [0.4, 0.5) is 26.3 Å². The summed E-state index contributed by atoms with van der Waals surface area (Å²) in [5, 5.41) is 2.68. The first-order chi connectivity index (χ1) is 18.2. The molecule has 39 heavy (non-hydrogen) atoms. The molecule has 1 N–H and O–H groups in total. The van der Waals surface area contributed by atoms with Gasteiger partial charge >= 0.3 is 12.4 Å². The molecule has 0 radical (unpaired) electrons. The van der Waals surface area contributed by atoms with E-state index in [1.54, 1.807) is 0 Å². The van der Waals surface area contributed by atoms with Gasteiger partial charge in [0, 0.05) is 37.8 Å². The molecule has 1 saturated carbocycles. The molecule has 1 aromatic rings. The van der Waals surface area contributed by atoms with Crippen molar-refractivity contribution in [1.29, 1.82) is 0 Å². The number of hydrogen-bond donors (Lipinski definition) is 1. The summed E-state index contributed by atoms with van der Waals surface area (Å²) in [7, 11) is 1.98. The number of nitrogens with zero attached hydrogens (tertiary/aromatic N) is 3. The minimum Gasteiger partial charge on any atom is -0.362 e. The Hall–Kier alpha value is -2.56. The van der Waals surface area contributed by atoms with Crippen LogP contribution >= 0.6 is 0 Å². The number of carbonyl (C=O) groups excluding carboxylic acids is 1. The van der Waals surface area contributed by atoms with Crippen molar-refractivity contribution in [2.75, 3.05) is 26.7 Å². The van der Waals surface area contributed by atoms with Crippen LogP contribution in [-0.4, -0.2) is 54.8 Å². The van der Waals surface area contributed by atoms with Crippen molar-refractivity contribution in [2.45, 2.75) is 70.9 Å². The number of carbonyl (C=O) groups is 1. The Labute approximate surface area is 225 Å². The van der Waals surface area contributed by atoms with Gasteiger partial charge in [-0.1, -0.05) is 13.8 Å². The molecule has 1 aromatic carbocycles. The number of nitrogens with one attached hydrogen (secondary N) is 1. The van der Waals surface area contributed by atoms with E-state index in [-0.39, 0.29) is 29.5 Å². The van der Waals surface area contributed by atoms with E-state index in [1.807, 2.05) is 32.1 Å². The van der Waals surface area contributed by atoms with Crippen LogP contribution in [0.5, 0.6) is 0 Å². The maximum Gasteiger partial charge on any atom is 0.416 e. The summed E-state index contributed by atoms with van der Waals surface area (Å²) in [6, 6.07) is 1.65. The molecule has 3 aliphatic rings. The normalized spacial score (nSPS) is 25.3. The molecule has 4 rings (SSSR count). The Bertz CT molecular complexity index is 1070. The Balaban J connectivity index is 1.40. The quantitative estimate of drug-likeness (QED) is 0.429. The van der Waals surface area contributed by atoms with Crippen molar-refractivity contribution in [2.24, 2.45) is 22.2 Å². The molecular weight excluding hydrogens is 522 g/mol. The molecule has 0 spiro atoms. The molecular formula is C28H36F6N4O. The number of allylic oxidation sites excluding steroid dienone is 1. The minimum absolute atomic E-state index is 0.0361. The zero-order chi connectivity index (χ0) is 28.6. The predicted octanol–water partition coefficient (Wildman–Crippen LogP) is 6.10. The third-order valence-corrected chi connectivity index (χ3v) is 8.64. The molecule has 1 amide bonds. The van der Waals surface area contributed by atoms with Crippen LogP contribution in [0.1, 0.15) is 62.6 Å². The molecule has 0 aromatic heterocycles. The summed E-state index contributed by atoms with van der Waals surface area (Å²) in [4.78, 5) is 22.5. The van der Waals surface area contributed by atoms with E-state index in [1.165, 1.54) is 0 Å².